The molecular formula is C19H27NO4. The molecule has 2 aliphatic heterocycles. The van der Waals surface area contributed by atoms with Gasteiger partial charge in [0.15, 0.2) is 6.29 Å². The van der Waals surface area contributed by atoms with Crippen molar-refractivity contribution in [2.75, 3.05) is 32.9 Å². The number of ether oxygens (including phenoxy) is 3. The van der Waals surface area contributed by atoms with Gasteiger partial charge in [-0.25, -0.2) is 0 Å². The third-order valence-corrected chi connectivity index (χ3v) is 4.91. The highest BCUT2D eigenvalue weighted by Gasteiger charge is 2.32. The molecule has 5 nitrogen and oxygen atoms in total. The van der Waals surface area contributed by atoms with Crippen molar-refractivity contribution >= 4 is 5.91 Å². The van der Waals surface area contributed by atoms with Gasteiger partial charge in [-0.3, -0.25) is 4.79 Å². The molecule has 1 atom stereocenters. The van der Waals surface area contributed by atoms with E-state index in [1.807, 2.05) is 23.1 Å². The van der Waals surface area contributed by atoms with E-state index >= 15 is 0 Å². The number of likely N-dealkylation sites (tertiary alicyclic amines) is 1. The van der Waals surface area contributed by atoms with Gasteiger partial charge in [-0.05, 0) is 49.9 Å². The predicted molar refractivity (Wildman–Crippen MR) is 91.0 cm³/mol. The third kappa shape index (κ3) is 4.28. The topological polar surface area (TPSA) is 48.0 Å². The van der Waals surface area contributed by atoms with Gasteiger partial charge in [-0.1, -0.05) is 6.07 Å². The first kappa shape index (κ1) is 17.2. The van der Waals surface area contributed by atoms with E-state index in [9.17, 15) is 4.79 Å². The van der Waals surface area contributed by atoms with Gasteiger partial charge in [0, 0.05) is 19.0 Å². The second-order valence-electron chi connectivity index (χ2n) is 6.70. The van der Waals surface area contributed by atoms with Gasteiger partial charge in [-0.15, -0.1) is 0 Å². The molecule has 0 saturated carbocycles. The molecule has 1 amide bonds. The van der Waals surface area contributed by atoms with Crippen LogP contribution in [0.15, 0.2) is 18.2 Å². The fourth-order valence-electron chi connectivity index (χ4n) is 3.33. The first-order chi connectivity index (χ1) is 11.6. The number of piperidine rings is 1. The van der Waals surface area contributed by atoms with Gasteiger partial charge in [0.2, 0.25) is 5.91 Å². The third-order valence-electron chi connectivity index (χ3n) is 4.91. The van der Waals surface area contributed by atoms with Crippen molar-refractivity contribution in [1.82, 2.24) is 4.90 Å². The molecule has 2 fully saturated rings. The van der Waals surface area contributed by atoms with Crippen molar-refractivity contribution < 1.29 is 19.0 Å². The lowest BCUT2D eigenvalue weighted by Gasteiger charge is -2.34. The minimum absolute atomic E-state index is 0.132. The lowest BCUT2D eigenvalue weighted by molar-refractivity contribution is -0.139. The normalized spacial score (nSPS) is 21.9. The van der Waals surface area contributed by atoms with Gasteiger partial charge in [-0.2, -0.15) is 0 Å². The standard InChI is InChI=1S/C19H27NO4/c1-14-5-6-17(12-15(14)2)22-9-7-18(21)20-8-3-4-16(13-20)19-23-10-11-24-19/h5-6,12,16,19H,3-4,7-11,13H2,1-2H3. The summed E-state index contributed by atoms with van der Waals surface area (Å²) in [4.78, 5) is 14.4. The van der Waals surface area contributed by atoms with Crippen LogP contribution in [-0.4, -0.2) is 50.0 Å². The molecule has 1 aromatic rings. The summed E-state index contributed by atoms with van der Waals surface area (Å²) in [5.41, 5.74) is 2.45. The van der Waals surface area contributed by atoms with Gasteiger partial charge in [0.05, 0.1) is 26.2 Å². The van der Waals surface area contributed by atoms with E-state index in [0.29, 0.717) is 32.2 Å². The molecule has 0 radical (unpaired) electrons. The highest BCUT2D eigenvalue weighted by molar-refractivity contribution is 5.76. The molecule has 0 spiro atoms. The lowest BCUT2D eigenvalue weighted by Crippen LogP contribution is -2.44. The first-order valence-corrected chi connectivity index (χ1v) is 8.84. The lowest BCUT2D eigenvalue weighted by atomic mass is 9.97. The zero-order valence-electron chi connectivity index (χ0n) is 14.6. The average molecular weight is 333 g/mol. The highest BCUT2D eigenvalue weighted by Crippen LogP contribution is 2.25. The average Bonchev–Trinajstić information content (AvgIpc) is 3.13. The second-order valence-corrected chi connectivity index (χ2v) is 6.70. The maximum absolute atomic E-state index is 12.4. The summed E-state index contributed by atoms with van der Waals surface area (Å²) in [7, 11) is 0. The summed E-state index contributed by atoms with van der Waals surface area (Å²) in [6.45, 7) is 7.44. The van der Waals surface area contributed by atoms with Crippen LogP contribution in [0.25, 0.3) is 0 Å². The Hall–Kier alpha value is -1.59. The van der Waals surface area contributed by atoms with Gasteiger partial charge in [0.25, 0.3) is 0 Å². The number of hydrogen-bond donors (Lipinski definition) is 0. The smallest absolute Gasteiger partial charge is 0.226 e. The summed E-state index contributed by atoms with van der Waals surface area (Å²) in [5.74, 6) is 1.28. The molecule has 132 valence electrons. The van der Waals surface area contributed by atoms with Crippen molar-refractivity contribution in [3.63, 3.8) is 0 Å². The molecule has 2 heterocycles. The Labute approximate surface area is 143 Å². The van der Waals surface area contributed by atoms with Gasteiger partial charge in [0.1, 0.15) is 5.75 Å². The van der Waals surface area contributed by atoms with Crippen LogP contribution in [0.1, 0.15) is 30.4 Å². The van der Waals surface area contributed by atoms with E-state index in [4.69, 9.17) is 14.2 Å². The minimum Gasteiger partial charge on any atom is -0.493 e. The maximum atomic E-state index is 12.4. The minimum atomic E-state index is -0.132. The van der Waals surface area contributed by atoms with Crippen LogP contribution < -0.4 is 4.74 Å². The van der Waals surface area contributed by atoms with Crippen LogP contribution in [0.2, 0.25) is 0 Å². The Morgan fingerprint density at radius 1 is 1.25 bits per heavy atom. The van der Waals surface area contributed by atoms with Crippen LogP contribution >= 0.6 is 0 Å². The number of carbonyl (C=O) groups excluding carboxylic acids is 1. The van der Waals surface area contributed by atoms with E-state index in [0.717, 1.165) is 31.7 Å². The van der Waals surface area contributed by atoms with Crippen molar-refractivity contribution in [2.45, 2.75) is 39.4 Å². The first-order valence-electron chi connectivity index (χ1n) is 8.84. The highest BCUT2D eigenvalue weighted by atomic mass is 16.7. The summed E-state index contributed by atoms with van der Waals surface area (Å²) in [6, 6.07) is 6.02. The van der Waals surface area contributed by atoms with E-state index < -0.39 is 0 Å². The van der Waals surface area contributed by atoms with Crippen LogP contribution in [0.4, 0.5) is 0 Å². The molecule has 0 bridgehead atoms. The molecule has 3 rings (SSSR count). The number of amides is 1. The molecule has 0 aromatic heterocycles. The Morgan fingerprint density at radius 3 is 2.79 bits per heavy atom. The number of aryl methyl sites for hydroxylation is 2. The quantitative estimate of drug-likeness (QED) is 0.831. The number of nitrogens with zero attached hydrogens (tertiary/aromatic N) is 1. The Bertz CT molecular complexity index is 568. The number of hydrogen-bond acceptors (Lipinski definition) is 4. The Morgan fingerprint density at radius 2 is 2.04 bits per heavy atom. The SMILES string of the molecule is Cc1ccc(OCCC(=O)N2CCCC(C3OCCO3)C2)cc1C. The zero-order chi connectivity index (χ0) is 16.9. The molecule has 1 unspecified atom stereocenters. The summed E-state index contributed by atoms with van der Waals surface area (Å²) in [6.07, 6.45) is 2.35. The summed E-state index contributed by atoms with van der Waals surface area (Å²) in [5, 5.41) is 0. The number of benzene rings is 1. The zero-order valence-corrected chi connectivity index (χ0v) is 14.6. The second kappa shape index (κ2) is 7.99. The largest absolute Gasteiger partial charge is 0.493 e. The molecule has 1 aromatic carbocycles. The number of rotatable bonds is 5. The van der Waals surface area contributed by atoms with E-state index in [1.54, 1.807) is 0 Å². The molecule has 0 aliphatic carbocycles. The fraction of sp³-hybridized carbons (Fsp3) is 0.632. The Balaban J connectivity index is 1.44. The monoisotopic (exact) mass is 333 g/mol. The van der Waals surface area contributed by atoms with E-state index in [2.05, 4.69) is 13.8 Å². The molecule has 2 aliphatic rings. The van der Waals surface area contributed by atoms with Crippen molar-refractivity contribution in [3.05, 3.63) is 29.3 Å². The molecule has 24 heavy (non-hydrogen) atoms. The van der Waals surface area contributed by atoms with Crippen LogP contribution in [0.3, 0.4) is 0 Å². The van der Waals surface area contributed by atoms with E-state index in [1.165, 1.54) is 11.1 Å². The van der Waals surface area contributed by atoms with Crippen LogP contribution in [0, 0.1) is 19.8 Å². The van der Waals surface area contributed by atoms with Crippen molar-refractivity contribution in [1.29, 1.82) is 0 Å². The van der Waals surface area contributed by atoms with Gasteiger partial charge >= 0.3 is 0 Å². The van der Waals surface area contributed by atoms with Gasteiger partial charge < -0.3 is 19.1 Å². The predicted octanol–water partition coefficient (Wildman–Crippen LogP) is 2.68. The van der Waals surface area contributed by atoms with Crippen LogP contribution in [0.5, 0.6) is 5.75 Å². The maximum Gasteiger partial charge on any atom is 0.226 e. The molecule has 0 N–H and O–H groups in total. The summed E-state index contributed by atoms with van der Waals surface area (Å²) < 4.78 is 16.9. The van der Waals surface area contributed by atoms with Crippen LogP contribution in [-0.2, 0) is 14.3 Å². The summed E-state index contributed by atoms with van der Waals surface area (Å²) >= 11 is 0. The van der Waals surface area contributed by atoms with Crippen molar-refractivity contribution in [3.8, 4) is 5.75 Å². The molecular weight excluding hydrogens is 306 g/mol. The molecule has 5 heteroatoms. The van der Waals surface area contributed by atoms with Crippen molar-refractivity contribution in [2.24, 2.45) is 5.92 Å². The fourth-order valence-corrected chi connectivity index (χ4v) is 3.33. The molecule has 2 saturated heterocycles. The Kier molecular flexibility index (Phi) is 5.74. The van der Waals surface area contributed by atoms with E-state index in [-0.39, 0.29) is 12.2 Å². The number of carbonyl (C=O) groups is 1.